The molecule has 1 amide bonds. The minimum atomic E-state index is -0.293. The van der Waals surface area contributed by atoms with E-state index in [1.165, 1.54) is 22.7 Å². The molecule has 0 fully saturated rings. The Bertz CT molecular complexity index is 1450. The van der Waals surface area contributed by atoms with Crippen LogP contribution in [0.5, 0.6) is 11.5 Å². The molecule has 0 bridgehead atoms. The maximum atomic E-state index is 13.2. The van der Waals surface area contributed by atoms with E-state index >= 15 is 0 Å². The molecule has 0 unspecified atom stereocenters. The molecule has 34 heavy (non-hydrogen) atoms. The van der Waals surface area contributed by atoms with Crippen LogP contribution in [0.4, 0.5) is 5.13 Å². The lowest BCUT2D eigenvalue weighted by Crippen LogP contribution is -2.24. The molecule has 0 saturated heterocycles. The van der Waals surface area contributed by atoms with Crippen LogP contribution in [0.3, 0.4) is 0 Å². The molecule has 0 saturated carbocycles. The zero-order valence-corrected chi connectivity index (χ0v) is 20.8. The number of methoxy groups -OCH3 is 2. The largest absolute Gasteiger partial charge is 0.497 e. The van der Waals surface area contributed by atoms with Crippen molar-refractivity contribution in [2.75, 3.05) is 19.5 Å². The molecular formula is C24H24N4O4S2. The summed E-state index contributed by atoms with van der Waals surface area (Å²) in [5.41, 5.74) is 2.07. The number of nitrogens with zero attached hydrogens (tertiary/aromatic N) is 3. The van der Waals surface area contributed by atoms with Crippen molar-refractivity contribution in [2.24, 2.45) is 0 Å². The summed E-state index contributed by atoms with van der Waals surface area (Å²) in [6.07, 6.45) is 3.89. The summed E-state index contributed by atoms with van der Waals surface area (Å²) < 4.78 is 12.6. The number of thiazole rings is 1. The number of carbonyl (C=O) groups is 1. The first kappa shape index (κ1) is 22.5. The maximum absolute atomic E-state index is 13.2. The highest BCUT2D eigenvalue weighted by Crippen LogP contribution is 2.35. The van der Waals surface area contributed by atoms with Gasteiger partial charge < -0.3 is 9.47 Å². The van der Waals surface area contributed by atoms with Gasteiger partial charge in [-0.15, -0.1) is 22.7 Å². The molecule has 1 aliphatic heterocycles. The van der Waals surface area contributed by atoms with Crippen molar-refractivity contribution in [3.63, 3.8) is 0 Å². The summed E-state index contributed by atoms with van der Waals surface area (Å²) in [5, 5.41) is 5.75. The Kier molecular flexibility index (Phi) is 6.09. The third kappa shape index (κ3) is 3.97. The first-order chi connectivity index (χ1) is 16.5. The predicted molar refractivity (Wildman–Crippen MR) is 135 cm³/mol. The van der Waals surface area contributed by atoms with Gasteiger partial charge in [0.15, 0.2) is 5.13 Å². The number of aryl methyl sites for hydroxylation is 2. The molecule has 8 nitrogen and oxygen atoms in total. The molecule has 0 spiro atoms. The standard InChI is InChI=1S/C24H24N4O4S2/c1-13-19-22(26-18-7-5-4-6-10-28(18)23(19)30)34-20(13)21(29)27-24-25-16(12-33-24)15-11-14(31-2)8-9-17(15)32-3/h8-9,11-12H,4-7,10H2,1-3H3,(H,25,27,29). The first-order valence-corrected chi connectivity index (χ1v) is 12.7. The normalized spacial score (nSPS) is 13.4. The maximum Gasteiger partial charge on any atom is 0.267 e. The van der Waals surface area contributed by atoms with Crippen molar-refractivity contribution in [3.8, 4) is 22.8 Å². The van der Waals surface area contributed by atoms with Crippen molar-refractivity contribution in [3.05, 3.63) is 50.2 Å². The third-order valence-corrected chi connectivity index (χ3v) is 7.97. The molecule has 3 aromatic heterocycles. The number of fused-ring (bicyclic) bond motifs is 2. The smallest absolute Gasteiger partial charge is 0.267 e. The number of thiophene rings is 1. The number of aromatic nitrogens is 3. The average molecular weight is 497 g/mol. The summed E-state index contributed by atoms with van der Waals surface area (Å²) in [6.45, 7) is 2.50. The fourth-order valence-electron chi connectivity index (χ4n) is 4.25. The SMILES string of the molecule is COc1ccc(OC)c(-c2csc(NC(=O)c3sc4nc5n(c(=O)c4c3C)CCCCC5)n2)c1. The second-order valence-corrected chi connectivity index (χ2v) is 9.95. The lowest BCUT2D eigenvalue weighted by atomic mass is 10.1. The van der Waals surface area contributed by atoms with Gasteiger partial charge in [-0.25, -0.2) is 9.97 Å². The molecule has 10 heteroatoms. The monoisotopic (exact) mass is 496 g/mol. The van der Waals surface area contributed by atoms with E-state index in [1.807, 2.05) is 30.5 Å². The molecule has 1 aromatic carbocycles. The summed E-state index contributed by atoms with van der Waals surface area (Å²) >= 11 is 2.59. The molecule has 1 aliphatic rings. The third-order valence-electron chi connectivity index (χ3n) is 6.02. The van der Waals surface area contributed by atoms with Crippen LogP contribution in [-0.2, 0) is 13.0 Å². The van der Waals surface area contributed by atoms with Crippen LogP contribution >= 0.6 is 22.7 Å². The zero-order chi connectivity index (χ0) is 23.8. The Labute approximate surface area is 204 Å². The molecule has 4 heterocycles. The van der Waals surface area contributed by atoms with Crippen LogP contribution < -0.4 is 20.3 Å². The highest BCUT2D eigenvalue weighted by Gasteiger charge is 2.23. The van der Waals surface area contributed by atoms with Gasteiger partial charge in [-0.05, 0) is 43.5 Å². The number of anilines is 1. The van der Waals surface area contributed by atoms with Gasteiger partial charge in [-0.1, -0.05) is 6.42 Å². The van der Waals surface area contributed by atoms with Crippen LogP contribution in [0.1, 0.15) is 40.3 Å². The van der Waals surface area contributed by atoms with E-state index in [2.05, 4.69) is 10.3 Å². The van der Waals surface area contributed by atoms with E-state index in [-0.39, 0.29) is 11.5 Å². The van der Waals surface area contributed by atoms with E-state index in [4.69, 9.17) is 14.5 Å². The quantitative estimate of drug-likeness (QED) is 0.423. The van der Waals surface area contributed by atoms with Crippen molar-refractivity contribution >= 4 is 43.9 Å². The molecule has 1 N–H and O–H groups in total. The van der Waals surface area contributed by atoms with Gasteiger partial charge in [0.25, 0.3) is 11.5 Å². The Morgan fingerprint density at radius 3 is 2.79 bits per heavy atom. The molecule has 4 aromatic rings. The molecule has 0 aliphatic carbocycles. The summed E-state index contributed by atoms with van der Waals surface area (Å²) in [4.78, 5) is 36.8. The van der Waals surface area contributed by atoms with Gasteiger partial charge in [0, 0.05) is 23.9 Å². The molecule has 5 rings (SSSR count). The van der Waals surface area contributed by atoms with E-state index < -0.39 is 0 Å². The average Bonchev–Trinajstić information content (AvgIpc) is 3.35. The molecular weight excluding hydrogens is 472 g/mol. The second kappa shape index (κ2) is 9.19. The molecule has 0 atom stereocenters. The number of rotatable bonds is 5. The minimum Gasteiger partial charge on any atom is -0.497 e. The number of amides is 1. The van der Waals surface area contributed by atoms with Gasteiger partial charge in [0.05, 0.1) is 30.2 Å². The minimum absolute atomic E-state index is 0.0450. The van der Waals surface area contributed by atoms with Gasteiger partial charge in [0.1, 0.15) is 22.2 Å². The number of nitrogens with one attached hydrogen (secondary N) is 1. The predicted octanol–water partition coefficient (Wildman–Crippen LogP) is 4.89. The first-order valence-electron chi connectivity index (χ1n) is 11.0. The van der Waals surface area contributed by atoms with E-state index in [1.54, 1.807) is 18.8 Å². The number of hydrogen-bond donors (Lipinski definition) is 1. The Morgan fingerprint density at radius 1 is 1.15 bits per heavy atom. The van der Waals surface area contributed by atoms with Crippen LogP contribution in [0, 0.1) is 6.92 Å². The fourth-order valence-corrected chi connectivity index (χ4v) is 6.04. The second-order valence-electron chi connectivity index (χ2n) is 8.09. The van der Waals surface area contributed by atoms with Crippen molar-refractivity contribution in [1.82, 2.24) is 14.5 Å². The molecule has 176 valence electrons. The van der Waals surface area contributed by atoms with Crippen molar-refractivity contribution in [1.29, 1.82) is 0 Å². The van der Waals surface area contributed by atoms with Gasteiger partial charge in [-0.3, -0.25) is 19.5 Å². The Balaban J connectivity index is 1.45. The van der Waals surface area contributed by atoms with Gasteiger partial charge in [-0.2, -0.15) is 0 Å². The van der Waals surface area contributed by atoms with Crippen molar-refractivity contribution < 1.29 is 14.3 Å². The van der Waals surface area contributed by atoms with E-state index in [0.717, 1.165) is 37.1 Å². The lowest BCUT2D eigenvalue weighted by molar-refractivity contribution is 0.103. The topological polar surface area (TPSA) is 95.3 Å². The summed E-state index contributed by atoms with van der Waals surface area (Å²) in [6, 6.07) is 5.48. The zero-order valence-electron chi connectivity index (χ0n) is 19.1. The van der Waals surface area contributed by atoms with Gasteiger partial charge in [0.2, 0.25) is 0 Å². The van der Waals surface area contributed by atoms with E-state index in [9.17, 15) is 9.59 Å². The highest BCUT2D eigenvalue weighted by molar-refractivity contribution is 7.21. The van der Waals surface area contributed by atoms with Crippen LogP contribution in [0.25, 0.3) is 21.5 Å². The molecule has 0 radical (unpaired) electrons. The summed E-state index contributed by atoms with van der Waals surface area (Å²) in [7, 11) is 3.20. The fraction of sp³-hybridized carbons (Fsp3) is 0.333. The van der Waals surface area contributed by atoms with Crippen LogP contribution in [-0.4, -0.2) is 34.7 Å². The number of hydrogen-bond acceptors (Lipinski definition) is 8. The van der Waals surface area contributed by atoms with Crippen LogP contribution in [0.2, 0.25) is 0 Å². The Hall–Kier alpha value is -3.24. The number of benzene rings is 1. The number of carbonyl (C=O) groups excluding carboxylic acids is 1. The van der Waals surface area contributed by atoms with Crippen molar-refractivity contribution in [2.45, 2.75) is 39.2 Å². The highest BCUT2D eigenvalue weighted by atomic mass is 32.1. The van der Waals surface area contributed by atoms with E-state index in [0.29, 0.717) is 49.5 Å². The van der Waals surface area contributed by atoms with Gasteiger partial charge >= 0.3 is 0 Å². The lowest BCUT2D eigenvalue weighted by Gasteiger charge is -2.08. The number of ether oxygens (including phenoxy) is 2. The van der Waals surface area contributed by atoms with Crippen LogP contribution in [0.15, 0.2) is 28.4 Å². The Morgan fingerprint density at radius 2 is 2.00 bits per heavy atom. The summed E-state index contributed by atoms with van der Waals surface area (Å²) in [5.74, 6) is 1.88.